The highest BCUT2D eigenvalue weighted by molar-refractivity contribution is 6.30. The standard InChI is InChI=1S/C23H26ClN3O3/c24-21-2-3-22-19(15-21)14-20(17-30-22)23(28)27(16-18-4-6-25-7-5-18)9-1-8-26-10-12-29-13-11-26/h2-7,14-15H,1,8-13,16-17H2. The summed E-state index contributed by atoms with van der Waals surface area (Å²) in [5.74, 6) is 0.753. The number of halogens is 1. The van der Waals surface area contributed by atoms with E-state index in [2.05, 4.69) is 9.88 Å². The lowest BCUT2D eigenvalue weighted by Gasteiger charge is -2.29. The van der Waals surface area contributed by atoms with Crippen molar-refractivity contribution < 1.29 is 14.3 Å². The predicted molar refractivity (Wildman–Crippen MR) is 116 cm³/mol. The SMILES string of the molecule is O=C(C1=Cc2cc(Cl)ccc2OC1)N(CCCN1CCOCC1)Cc1ccncc1. The molecule has 2 aromatic rings. The van der Waals surface area contributed by atoms with Gasteiger partial charge in [-0.25, -0.2) is 0 Å². The molecular weight excluding hydrogens is 402 g/mol. The number of rotatable bonds is 7. The molecule has 1 amide bonds. The summed E-state index contributed by atoms with van der Waals surface area (Å²) >= 11 is 6.12. The van der Waals surface area contributed by atoms with Crippen LogP contribution in [0, 0.1) is 0 Å². The molecule has 1 aromatic heterocycles. The molecule has 0 bridgehead atoms. The van der Waals surface area contributed by atoms with Crippen LogP contribution in [0.4, 0.5) is 0 Å². The summed E-state index contributed by atoms with van der Waals surface area (Å²) in [7, 11) is 0. The Morgan fingerprint density at radius 3 is 2.77 bits per heavy atom. The number of carbonyl (C=O) groups excluding carboxylic acids is 1. The number of carbonyl (C=O) groups is 1. The van der Waals surface area contributed by atoms with E-state index in [4.69, 9.17) is 21.1 Å². The largest absolute Gasteiger partial charge is 0.488 e. The summed E-state index contributed by atoms with van der Waals surface area (Å²) in [5.41, 5.74) is 2.55. The molecule has 1 aromatic carbocycles. The van der Waals surface area contributed by atoms with E-state index in [0.29, 0.717) is 23.7 Å². The Balaban J connectivity index is 1.47. The maximum absolute atomic E-state index is 13.4. The molecule has 6 nitrogen and oxygen atoms in total. The zero-order valence-corrected chi connectivity index (χ0v) is 17.7. The first kappa shape index (κ1) is 20.8. The van der Waals surface area contributed by atoms with E-state index in [1.165, 1.54) is 0 Å². The molecule has 3 heterocycles. The van der Waals surface area contributed by atoms with Gasteiger partial charge in [0.2, 0.25) is 0 Å². The molecule has 0 atom stereocenters. The van der Waals surface area contributed by atoms with Crippen LogP contribution in [0.5, 0.6) is 5.75 Å². The van der Waals surface area contributed by atoms with Crippen LogP contribution in [0.25, 0.3) is 6.08 Å². The Hall–Kier alpha value is -2.41. The minimum atomic E-state index is -0.000541. The lowest BCUT2D eigenvalue weighted by molar-refractivity contribution is -0.128. The lowest BCUT2D eigenvalue weighted by atomic mass is 10.1. The number of nitrogens with zero attached hydrogens (tertiary/aromatic N) is 3. The molecule has 158 valence electrons. The molecule has 2 aliphatic heterocycles. The molecule has 0 saturated carbocycles. The second kappa shape index (κ2) is 10.1. The van der Waals surface area contributed by atoms with Gasteiger partial charge in [0.05, 0.1) is 18.8 Å². The third-order valence-corrected chi connectivity index (χ3v) is 5.61. The van der Waals surface area contributed by atoms with Crippen molar-refractivity contribution in [2.24, 2.45) is 0 Å². The Morgan fingerprint density at radius 2 is 1.97 bits per heavy atom. The van der Waals surface area contributed by atoms with Crippen LogP contribution in [0.1, 0.15) is 17.5 Å². The van der Waals surface area contributed by atoms with E-state index in [-0.39, 0.29) is 12.5 Å². The van der Waals surface area contributed by atoms with Crippen LogP contribution in [0.2, 0.25) is 5.02 Å². The first-order valence-electron chi connectivity index (χ1n) is 10.3. The van der Waals surface area contributed by atoms with Crippen LogP contribution >= 0.6 is 11.6 Å². The maximum Gasteiger partial charge on any atom is 0.253 e. The number of pyridine rings is 1. The molecule has 1 saturated heterocycles. The van der Waals surface area contributed by atoms with Crippen molar-refractivity contribution in [3.63, 3.8) is 0 Å². The number of ether oxygens (including phenoxy) is 2. The third kappa shape index (κ3) is 5.39. The number of amides is 1. The summed E-state index contributed by atoms with van der Waals surface area (Å²) < 4.78 is 11.2. The number of benzene rings is 1. The molecule has 4 rings (SSSR count). The predicted octanol–water partition coefficient (Wildman–Crippen LogP) is 3.26. The van der Waals surface area contributed by atoms with Gasteiger partial charge in [0.15, 0.2) is 0 Å². The van der Waals surface area contributed by atoms with Crippen LogP contribution in [0.3, 0.4) is 0 Å². The molecule has 1 fully saturated rings. The smallest absolute Gasteiger partial charge is 0.253 e. The van der Waals surface area contributed by atoms with E-state index in [1.54, 1.807) is 18.5 Å². The fourth-order valence-electron chi connectivity index (χ4n) is 3.75. The van der Waals surface area contributed by atoms with Crippen LogP contribution in [0.15, 0.2) is 48.3 Å². The van der Waals surface area contributed by atoms with E-state index in [0.717, 1.165) is 56.1 Å². The number of aromatic nitrogens is 1. The molecule has 0 spiro atoms. The minimum Gasteiger partial charge on any atom is -0.488 e. The quantitative estimate of drug-likeness (QED) is 0.678. The van der Waals surface area contributed by atoms with Crippen molar-refractivity contribution in [1.29, 1.82) is 0 Å². The normalized spacial score (nSPS) is 16.4. The van der Waals surface area contributed by atoms with Gasteiger partial charge in [-0.2, -0.15) is 0 Å². The van der Waals surface area contributed by atoms with Gasteiger partial charge in [-0.15, -0.1) is 0 Å². The monoisotopic (exact) mass is 427 g/mol. The Kier molecular flexibility index (Phi) is 7.00. The summed E-state index contributed by atoms with van der Waals surface area (Å²) in [6, 6.07) is 9.36. The molecule has 2 aliphatic rings. The van der Waals surface area contributed by atoms with Gasteiger partial charge in [-0.3, -0.25) is 14.7 Å². The number of morpholine rings is 1. The molecule has 7 heteroatoms. The zero-order chi connectivity index (χ0) is 20.8. The first-order chi connectivity index (χ1) is 14.7. The molecule has 0 aliphatic carbocycles. The van der Waals surface area contributed by atoms with Crippen molar-refractivity contribution in [2.45, 2.75) is 13.0 Å². The maximum atomic E-state index is 13.4. The van der Waals surface area contributed by atoms with Crippen molar-refractivity contribution in [1.82, 2.24) is 14.8 Å². The molecule has 0 N–H and O–H groups in total. The fraction of sp³-hybridized carbons (Fsp3) is 0.391. The van der Waals surface area contributed by atoms with Crippen LogP contribution in [-0.2, 0) is 16.1 Å². The topological polar surface area (TPSA) is 54.9 Å². The summed E-state index contributed by atoms with van der Waals surface area (Å²) in [5, 5.41) is 0.626. The van der Waals surface area contributed by atoms with Gasteiger partial charge in [-0.05, 0) is 48.4 Å². The van der Waals surface area contributed by atoms with Gasteiger partial charge >= 0.3 is 0 Å². The van der Waals surface area contributed by atoms with Gasteiger partial charge in [-0.1, -0.05) is 11.6 Å². The highest BCUT2D eigenvalue weighted by Gasteiger charge is 2.23. The third-order valence-electron chi connectivity index (χ3n) is 5.38. The average molecular weight is 428 g/mol. The Morgan fingerprint density at radius 1 is 1.17 bits per heavy atom. The minimum absolute atomic E-state index is 0.000541. The van der Waals surface area contributed by atoms with E-state index in [9.17, 15) is 4.79 Å². The van der Waals surface area contributed by atoms with E-state index >= 15 is 0 Å². The Labute approximate surface area is 182 Å². The highest BCUT2D eigenvalue weighted by atomic mass is 35.5. The summed E-state index contributed by atoms with van der Waals surface area (Å²) in [4.78, 5) is 21.7. The molecule has 0 radical (unpaired) electrons. The van der Waals surface area contributed by atoms with Crippen molar-refractivity contribution in [3.8, 4) is 5.75 Å². The zero-order valence-electron chi connectivity index (χ0n) is 16.9. The van der Waals surface area contributed by atoms with Gasteiger partial charge in [0.1, 0.15) is 12.4 Å². The second-order valence-electron chi connectivity index (χ2n) is 7.53. The molecular formula is C23H26ClN3O3. The number of fused-ring (bicyclic) bond motifs is 1. The van der Waals surface area contributed by atoms with E-state index in [1.807, 2.05) is 35.2 Å². The van der Waals surface area contributed by atoms with Gasteiger partial charge in [0.25, 0.3) is 5.91 Å². The number of hydrogen-bond donors (Lipinski definition) is 0. The van der Waals surface area contributed by atoms with Gasteiger partial charge in [0, 0.05) is 55.7 Å². The number of hydrogen-bond acceptors (Lipinski definition) is 5. The van der Waals surface area contributed by atoms with Crippen molar-refractivity contribution in [2.75, 3.05) is 46.0 Å². The Bertz CT molecular complexity index is 898. The second-order valence-corrected chi connectivity index (χ2v) is 7.97. The summed E-state index contributed by atoms with van der Waals surface area (Å²) in [6.07, 6.45) is 6.32. The van der Waals surface area contributed by atoms with Crippen LogP contribution in [-0.4, -0.2) is 66.7 Å². The first-order valence-corrected chi connectivity index (χ1v) is 10.7. The highest BCUT2D eigenvalue weighted by Crippen LogP contribution is 2.29. The molecule has 0 unspecified atom stereocenters. The van der Waals surface area contributed by atoms with Crippen molar-refractivity contribution >= 4 is 23.6 Å². The van der Waals surface area contributed by atoms with E-state index < -0.39 is 0 Å². The van der Waals surface area contributed by atoms with Crippen LogP contribution < -0.4 is 4.74 Å². The average Bonchev–Trinajstić information content (AvgIpc) is 2.79. The molecule has 30 heavy (non-hydrogen) atoms. The van der Waals surface area contributed by atoms with Crippen molar-refractivity contribution in [3.05, 3.63) is 64.4 Å². The lowest BCUT2D eigenvalue weighted by Crippen LogP contribution is -2.39. The summed E-state index contributed by atoms with van der Waals surface area (Å²) in [6.45, 7) is 5.92. The van der Waals surface area contributed by atoms with Gasteiger partial charge < -0.3 is 14.4 Å². The fourth-order valence-corrected chi connectivity index (χ4v) is 3.93.